The van der Waals surface area contributed by atoms with Crippen LogP contribution < -0.4 is 10.6 Å². The van der Waals surface area contributed by atoms with Crippen molar-refractivity contribution in [3.63, 3.8) is 0 Å². The van der Waals surface area contributed by atoms with Gasteiger partial charge in [0, 0.05) is 12.1 Å². The number of benzene rings is 3. The number of ether oxygens (including phenoxy) is 3. The Morgan fingerprint density at radius 3 is 2.19 bits per heavy atom. The highest BCUT2D eigenvalue weighted by molar-refractivity contribution is 7.91. The number of rotatable bonds is 6. The Morgan fingerprint density at radius 2 is 1.57 bits per heavy atom. The van der Waals surface area contributed by atoms with Crippen LogP contribution >= 0.6 is 0 Å². The monoisotopic (exact) mass is 524 g/mol. The first kappa shape index (κ1) is 26.2. The van der Waals surface area contributed by atoms with Gasteiger partial charge in [-0.25, -0.2) is 18.0 Å². The van der Waals surface area contributed by atoms with Gasteiger partial charge in [-0.15, -0.1) is 0 Å². The van der Waals surface area contributed by atoms with E-state index in [1.165, 1.54) is 7.11 Å². The number of anilines is 1. The lowest BCUT2D eigenvalue weighted by Gasteiger charge is -2.32. The van der Waals surface area contributed by atoms with E-state index in [-0.39, 0.29) is 11.0 Å². The molecule has 4 rings (SSSR count). The smallest absolute Gasteiger partial charge is 0.447 e. The van der Waals surface area contributed by atoms with Gasteiger partial charge < -0.3 is 14.2 Å². The lowest BCUT2D eigenvalue weighted by atomic mass is 10.00. The molecule has 0 saturated carbocycles. The molecule has 37 heavy (non-hydrogen) atoms. The van der Waals surface area contributed by atoms with E-state index in [9.17, 15) is 18.0 Å². The fourth-order valence-corrected chi connectivity index (χ4v) is 5.75. The van der Waals surface area contributed by atoms with E-state index in [2.05, 4.69) is 15.4 Å². The number of amides is 1. The summed E-state index contributed by atoms with van der Waals surface area (Å²) in [6.07, 6.45) is -2.19. The second-order valence-electron chi connectivity index (χ2n) is 8.74. The molecule has 3 aromatic carbocycles. The molecule has 0 spiro atoms. The average molecular weight is 525 g/mol. The second kappa shape index (κ2) is 11.0. The van der Waals surface area contributed by atoms with E-state index in [4.69, 9.17) is 9.47 Å². The van der Waals surface area contributed by atoms with Gasteiger partial charge >= 0.3 is 12.2 Å². The lowest BCUT2D eigenvalue weighted by molar-refractivity contribution is 0.0194. The van der Waals surface area contributed by atoms with Crippen LogP contribution in [0.25, 0.3) is 11.1 Å². The molecule has 1 aliphatic heterocycles. The predicted molar refractivity (Wildman–Crippen MR) is 138 cm³/mol. The Balaban J connectivity index is 1.54. The number of hydrogen-bond acceptors (Lipinski definition) is 8. The lowest BCUT2D eigenvalue weighted by Crippen LogP contribution is -2.45. The third-order valence-corrected chi connectivity index (χ3v) is 7.73. The van der Waals surface area contributed by atoms with Crippen molar-refractivity contribution in [1.82, 2.24) is 5.32 Å². The van der Waals surface area contributed by atoms with Crippen molar-refractivity contribution in [3.8, 4) is 11.1 Å². The van der Waals surface area contributed by atoms with Crippen molar-refractivity contribution in [2.75, 3.05) is 12.4 Å². The Hall–Kier alpha value is -3.89. The van der Waals surface area contributed by atoms with Crippen LogP contribution in [0.5, 0.6) is 0 Å². The minimum absolute atomic E-state index is 0.122. The van der Waals surface area contributed by atoms with Crippen molar-refractivity contribution in [1.29, 1.82) is 0 Å². The summed E-state index contributed by atoms with van der Waals surface area (Å²) < 4.78 is 42.1. The average Bonchev–Trinajstić information content (AvgIpc) is 2.88. The number of methoxy groups -OCH3 is 1. The molecule has 0 radical (unpaired) electrons. The van der Waals surface area contributed by atoms with Crippen LogP contribution in [0.3, 0.4) is 0 Å². The van der Waals surface area contributed by atoms with Crippen LogP contribution in [0.4, 0.5) is 15.3 Å². The van der Waals surface area contributed by atoms with E-state index >= 15 is 0 Å². The predicted octanol–water partition coefficient (Wildman–Crippen LogP) is 5.04. The topological polar surface area (TPSA) is 120 Å². The molecule has 0 bridgehead atoms. The summed E-state index contributed by atoms with van der Waals surface area (Å²) in [6, 6.07) is 20.8. The van der Waals surface area contributed by atoms with Gasteiger partial charge in [0.1, 0.15) is 5.37 Å². The fraction of sp³-hybridized carbons (Fsp3) is 0.259. The van der Waals surface area contributed by atoms with E-state index in [1.807, 2.05) is 24.3 Å². The maximum absolute atomic E-state index is 13.6. The normalized spacial score (nSPS) is 17.0. The zero-order chi connectivity index (χ0) is 26.6. The van der Waals surface area contributed by atoms with Gasteiger partial charge in [0.05, 0.1) is 18.1 Å². The molecule has 3 aromatic rings. The molecule has 9 nitrogen and oxygen atoms in total. The van der Waals surface area contributed by atoms with Crippen molar-refractivity contribution >= 4 is 27.8 Å². The molecule has 0 fully saturated rings. The molecule has 1 aliphatic rings. The minimum Gasteiger partial charge on any atom is -0.447 e. The van der Waals surface area contributed by atoms with Crippen LogP contribution in [0.1, 0.15) is 30.3 Å². The van der Waals surface area contributed by atoms with Crippen LogP contribution in [0, 0.1) is 0 Å². The van der Waals surface area contributed by atoms with E-state index < -0.39 is 33.7 Å². The number of hydrogen-bond donors (Lipinski definition) is 2. The standard InChI is InChI=1S/C27H28N2O7S/c1-17(2)35-26(30)28-21-12-8-18(9-13-21)19-10-14-22(15-11-19)37(32,33)25-23-7-5-4-6-20(23)16-24(29-25)36-27(31)34-3/h4-15,17,24-25,29H,16H2,1-3H3,(H,28,30)/t24-,25?/m1/s1. The largest absolute Gasteiger partial charge is 0.509 e. The first-order chi connectivity index (χ1) is 17.7. The van der Waals surface area contributed by atoms with Gasteiger partial charge in [0.2, 0.25) is 0 Å². The zero-order valence-corrected chi connectivity index (χ0v) is 21.4. The highest BCUT2D eigenvalue weighted by Gasteiger charge is 2.37. The number of carbonyl (C=O) groups is 2. The molecule has 2 atom stereocenters. The maximum Gasteiger partial charge on any atom is 0.509 e. The molecule has 10 heteroatoms. The van der Waals surface area contributed by atoms with Gasteiger partial charge in [-0.2, -0.15) is 0 Å². The van der Waals surface area contributed by atoms with Crippen LogP contribution in [0.15, 0.2) is 77.7 Å². The van der Waals surface area contributed by atoms with Gasteiger partial charge in [-0.05, 0) is 60.4 Å². The Kier molecular flexibility index (Phi) is 7.80. The number of sulfone groups is 1. The summed E-state index contributed by atoms with van der Waals surface area (Å²) in [4.78, 5) is 23.5. The van der Waals surface area contributed by atoms with Crippen LogP contribution in [-0.4, -0.2) is 40.1 Å². The summed E-state index contributed by atoms with van der Waals surface area (Å²) in [7, 11) is -2.69. The summed E-state index contributed by atoms with van der Waals surface area (Å²) in [5.74, 6) is 0. The number of nitrogens with one attached hydrogen (secondary N) is 2. The molecule has 0 aromatic heterocycles. The summed E-state index contributed by atoms with van der Waals surface area (Å²) in [6.45, 7) is 3.54. The zero-order valence-electron chi connectivity index (χ0n) is 20.6. The van der Waals surface area contributed by atoms with E-state index in [0.29, 0.717) is 17.7 Å². The molecular formula is C27H28N2O7S. The molecule has 1 unspecified atom stereocenters. The van der Waals surface area contributed by atoms with E-state index in [0.717, 1.165) is 16.7 Å². The van der Waals surface area contributed by atoms with E-state index in [1.54, 1.807) is 62.4 Å². The van der Waals surface area contributed by atoms with Gasteiger partial charge in [0.15, 0.2) is 16.1 Å². The van der Waals surface area contributed by atoms with Gasteiger partial charge in [-0.3, -0.25) is 10.6 Å². The van der Waals surface area contributed by atoms with Crippen LogP contribution in [-0.2, 0) is 30.5 Å². The SMILES string of the molecule is COC(=O)O[C@@H]1Cc2ccccc2C(S(=O)(=O)c2ccc(-c3ccc(NC(=O)OC(C)C)cc3)cc2)N1. The Morgan fingerprint density at radius 1 is 0.946 bits per heavy atom. The van der Waals surface area contributed by atoms with Gasteiger partial charge in [-0.1, -0.05) is 48.5 Å². The molecular weight excluding hydrogens is 496 g/mol. The van der Waals surface area contributed by atoms with Crippen molar-refractivity contribution in [3.05, 3.63) is 83.9 Å². The number of carbonyl (C=O) groups excluding carboxylic acids is 2. The molecule has 0 aliphatic carbocycles. The Labute approximate surface area is 215 Å². The van der Waals surface area contributed by atoms with Gasteiger partial charge in [0.25, 0.3) is 0 Å². The minimum atomic E-state index is -3.88. The maximum atomic E-state index is 13.6. The first-order valence-electron chi connectivity index (χ1n) is 11.7. The molecule has 194 valence electrons. The highest BCUT2D eigenvalue weighted by Crippen LogP contribution is 2.34. The quantitative estimate of drug-likeness (QED) is 0.431. The first-order valence-corrected chi connectivity index (χ1v) is 13.2. The van der Waals surface area contributed by atoms with Crippen molar-refractivity contribution in [2.24, 2.45) is 0 Å². The summed E-state index contributed by atoms with van der Waals surface area (Å²) >= 11 is 0. The van der Waals surface area contributed by atoms with Crippen molar-refractivity contribution < 1.29 is 32.2 Å². The summed E-state index contributed by atoms with van der Waals surface area (Å²) in [5.41, 5.74) is 3.61. The third kappa shape index (κ3) is 6.10. The fourth-order valence-electron chi connectivity index (χ4n) is 4.07. The third-order valence-electron chi connectivity index (χ3n) is 5.79. The Bertz CT molecular complexity index is 1370. The molecule has 2 N–H and O–H groups in total. The molecule has 1 heterocycles. The number of fused-ring (bicyclic) bond motifs is 1. The molecule has 1 amide bonds. The summed E-state index contributed by atoms with van der Waals surface area (Å²) in [5, 5.41) is 4.49. The second-order valence-corrected chi connectivity index (χ2v) is 10.8. The molecule has 0 saturated heterocycles. The van der Waals surface area contributed by atoms with Crippen molar-refractivity contribution in [2.45, 2.75) is 42.9 Å². The highest BCUT2D eigenvalue weighted by atomic mass is 32.2. The van der Waals surface area contributed by atoms with Crippen LogP contribution in [0.2, 0.25) is 0 Å².